The quantitative estimate of drug-likeness (QED) is 0.405. The summed E-state index contributed by atoms with van der Waals surface area (Å²) in [5.41, 5.74) is 7.02. The van der Waals surface area contributed by atoms with Crippen LogP contribution in [0.4, 0.5) is 0 Å². The van der Waals surface area contributed by atoms with Gasteiger partial charge in [0.25, 0.3) is 0 Å². The van der Waals surface area contributed by atoms with Crippen molar-refractivity contribution in [2.75, 3.05) is 7.11 Å². The molecule has 3 aromatic rings. The lowest BCUT2D eigenvalue weighted by Crippen LogP contribution is -1.83. The van der Waals surface area contributed by atoms with E-state index in [0.29, 0.717) is 0 Å². The molecule has 0 saturated carbocycles. The molecule has 0 aromatic heterocycles. The second-order valence-electron chi connectivity index (χ2n) is 5.83. The van der Waals surface area contributed by atoms with E-state index >= 15 is 0 Å². The molecule has 1 aliphatic rings. The number of allylic oxidation sites excluding steroid dienone is 1. The summed E-state index contributed by atoms with van der Waals surface area (Å²) in [6.07, 6.45) is 3.91. The number of ether oxygens (including phenoxy) is 1. The molecule has 2 heteroatoms. The Morgan fingerprint density at radius 2 is 1.36 bits per heavy atom. The van der Waals surface area contributed by atoms with E-state index < -0.39 is 0 Å². The molecule has 1 aliphatic carbocycles. The van der Waals surface area contributed by atoms with Crippen molar-refractivity contribution in [2.24, 2.45) is 0 Å². The van der Waals surface area contributed by atoms with Gasteiger partial charge in [-0.15, -0.1) is 19.0 Å². The number of hydrogen-bond acceptors (Lipinski definition) is 1. The highest BCUT2D eigenvalue weighted by atomic mass is 35.5. The summed E-state index contributed by atoms with van der Waals surface area (Å²) < 4.78 is 5.02. The van der Waals surface area contributed by atoms with Gasteiger partial charge in [-0.25, -0.2) is 0 Å². The summed E-state index contributed by atoms with van der Waals surface area (Å²) in [6, 6.07) is 25.3. The Bertz CT molecular complexity index is 778. The van der Waals surface area contributed by atoms with Crippen LogP contribution in [0.2, 0.25) is 0 Å². The largest absolute Gasteiger partial charge is 0.497 e. The zero-order valence-corrected chi connectivity index (χ0v) is 15.3. The molecule has 3 aromatic carbocycles. The van der Waals surface area contributed by atoms with Crippen molar-refractivity contribution in [1.29, 1.82) is 0 Å². The van der Waals surface area contributed by atoms with Crippen LogP contribution in [0.5, 0.6) is 5.75 Å². The summed E-state index contributed by atoms with van der Waals surface area (Å²) in [6.45, 7) is 3.67. The van der Waals surface area contributed by atoms with Gasteiger partial charge >= 0.3 is 0 Å². The van der Waals surface area contributed by atoms with Gasteiger partial charge in [0.2, 0.25) is 0 Å². The van der Waals surface area contributed by atoms with E-state index in [-0.39, 0.29) is 12.4 Å². The summed E-state index contributed by atoms with van der Waals surface area (Å²) in [4.78, 5) is 0. The molecule has 0 heterocycles. The molecule has 4 rings (SSSR count). The Hall–Kier alpha value is -2.51. The van der Waals surface area contributed by atoms with Crippen LogP contribution in [0.25, 0.3) is 11.1 Å². The maximum atomic E-state index is 5.02. The van der Waals surface area contributed by atoms with E-state index in [4.69, 9.17) is 4.74 Å². The topological polar surface area (TPSA) is 9.23 Å². The molecular formula is C23H23ClO. The van der Waals surface area contributed by atoms with Crippen LogP contribution in [0, 0.1) is 0 Å². The van der Waals surface area contributed by atoms with E-state index in [1.165, 1.54) is 27.8 Å². The van der Waals surface area contributed by atoms with Crippen LogP contribution in [0.1, 0.15) is 16.7 Å². The molecule has 128 valence electrons. The number of benzene rings is 3. The van der Waals surface area contributed by atoms with Gasteiger partial charge in [0, 0.05) is 0 Å². The first-order chi connectivity index (χ1) is 11.8. The predicted molar refractivity (Wildman–Crippen MR) is 109 cm³/mol. The lowest BCUT2D eigenvalue weighted by atomic mass is 10.1. The Kier molecular flexibility index (Phi) is 6.85. The van der Waals surface area contributed by atoms with Crippen LogP contribution < -0.4 is 4.74 Å². The van der Waals surface area contributed by atoms with Crippen molar-refractivity contribution >= 4 is 12.4 Å². The second kappa shape index (κ2) is 9.10. The summed E-state index contributed by atoms with van der Waals surface area (Å²) in [5.74, 6) is 0.901. The molecule has 0 radical (unpaired) electrons. The fraction of sp³-hybridized carbons (Fsp3) is 0.130. The van der Waals surface area contributed by atoms with Gasteiger partial charge in [0.1, 0.15) is 5.75 Å². The lowest BCUT2D eigenvalue weighted by molar-refractivity contribution is 0.414. The van der Waals surface area contributed by atoms with Crippen molar-refractivity contribution in [1.82, 2.24) is 0 Å². The zero-order chi connectivity index (χ0) is 16.8. The van der Waals surface area contributed by atoms with Gasteiger partial charge in [-0.1, -0.05) is 66.7 Å². The van der Waals surface area contributed by atoms with Gasteiger partial charge in [0.05, 0.1) is 7.11 Å². The first kappa shape index (κ1) is 18.8. The summed E-state index contributed by atoms with van der Waals surface area (Å²) in [7, 11) is 1.67. The fourth-order valence-corrected chi connectivity index (χ4v) is 3.01. The van der Waals surface area contributed by atoms with Crippen LogP contribution in [-0.2, 0) is 12.8 Å². The Morgan fingerprint density at radius 3 is 1.84 bits per heavy atom. The van der Waals surface area contributed by atoms with Crippen molar-refractivity contribution in [3.8, 4) is 16.9 Å². The number of rotatable bonds is 3. The lowest BCUT2D eigenvalue weighted by Gasteiger charge is -1.99. The van der Waals surface area contributed by atoms with Crippen LogP contribution in [0.3, 0.4) is 0 Å². The molecule has 0 unspecified atom stereocenters. The molecule has 0 N–H and O–H groups in total. The smallest absolute Gasteiger partial charge is 0.118 e. The van der Waals surface area contributed by atoms with Gasteiger partial charge in [-0.2, -0.15) is 0 Å². The molecule has 0 bridgehead atoms. The highest BCUT2D eigenvalue weighted by molar-refractivity contribution is 5.85. The average molecular weight is 351 g/mol. The third-order valence-electron chi connectivity index (χ3n) is 4.24. The minimum Gasteiger partial charge on any atom is -0.497 e. The highest BCUT2D eigenvalue weighted by Gasteiger charge is 2.15. The maximum Gasteiger partial charge on any atom is 0.118 e. The third kappa shape index (κ3) is 4.52. The van der Waals surface area contributed by atoms with Crippen LogP contribution >= 0.6 is 12.4 Å². The van der Waals surface area contributed by atoms with E-state index in [0.717, 1.165) is 18.6 Å². The Labute approximate surface area is 156 Å². The number of halogens is 1. The molecule has 0 saturated heterocycles. The molecular weight excluding hydrogens is 328 g/mol. The van der Waals surface area contributed by atoms with Gasteiger partial charge in [0.15, 0.2) is 0 Å². The van der Waals surface area contributed by atoms with Gasteiger partial charge in [-0.05, 0) is 52.8 Å². The first-order valence-corrected chi connectivity index (χ1v) is 8.22. The summed E-state index contributed by atoms with van der Waals surface area (Å²) >= 11 is 0. The standard InChI is InChI=1S/C13H10.C10H12O.ClH/c1-3-7-12-10(5-1)9-11-6-2-4-8-13(11)12;1-3-4-9-5-7-10(11-2)8-6-9;/h1-8H,9H2;3,5-8H,1,4H2,2H3;1H. The molecule has 25 heavy (non-hydrogen) atoms. The average Bonchev–Trinajstić information content (AvgIpc) is 3.02. The Morgan fingerprint density at radius 1 is 0.840 bits per heavy atom. The van der Waals surface area contributed by atoms with Gasteiger partial charge < -0.3 is 4.74 Å². The van der Waals surface area contributed by atoms with Crippen molar-refractivity contribution in [3.63, 3.8) is 0 Å². The fourth-order valence-electron chi connectivity index (χ4n) is 3.01. The first-order valence-electron chi connectivity index (χ1n) is 8.22. The minimum absolute atomic E-state index is 0. The number of fused-ring (bicyclic) bond motifs is 3. The SMILES string of the molecule is C=CCc1ccc(OC)cc1.Cl.c1ccc2c(c1)Cc1ccccc1-2. The maximum absolute atomic E-state index is 5.02. The Balaban J connectivity index is 0.000000176. The van der Waals surface area contributed by atoms with Crippen molar-refractivity contribution in [3.05, 3.63) is 102 Å². The minimum atomic E-state index is 0. The van der Waals surface area contributed by atoms with E-state index in [1.54, 1.807) is 7.11 Å². The third-order valence-corrected chi connectivity index (χ3v) is 4.24. The van der Waals surface area contributed by atoms with Crippen molar-refractivity contribution in [2.45, 2.75) is 12.8 Å². The molecule has 0 atom stereocenters. The second-order valence-corrected chi connectivity index (χ2v) is 5.83. The van der Waals surface area contributed by atoms with Crippen LogP contribution in [-0.4, -0.2) is 7.11 Å². The molecule has 0 aliphatic heterocycles. The van der Waals surface area contributed by atoms with E-state index in [2.05, 4.69) is 55.1 Å². The van der Waals surface area contributed by atoms with E-state index in [9.17, 15) is 0 Å². The monoisotopic (exact) mass is 350 g/mol. The van der Waals surface area contributed by atoms with E-state index in [1.807, 2.05) is 30.3 Å². The van der Waals surface area contributed by atoms with Crippen molar-refractivity contribution < 1.29 is 4.74 Å². The summed E-state index contributed by atoms with van der Waals surface area (Å²) in [5, 5.41) is 0. The molecule has 0 fully saturated rings. The normalized spacial score (nSPS) is 10.4. The molecule has 1 nitrogen and oxygen atoms in total. The molecule has 0 spiro atoms. The van der Waals surface area contributed by atoms with Gasteiger partial charge in [-0.3, -0.25) is 0 Å². The number of methoxy groups -OCH3 is 1. The van der Waals surface area contributed by atoms with Crippen LogP contribution in [0.15, 0.2) is 85.5 Å². The predicted octanol–water partition coefficient (Wildman–Crippen LogP) is 6.10. The molecule has 0 amide bonds. The number of hydrogen-bond donors (Lipinski definition) is 0. The zero-order valence-electron chi connectivity index (χ0n) is 14.4. The highest BCUT2D eigenvalue weighted by Crippen LogP contribution is 2.35.